The number of hydrogen-bond donors (Lipinski definition) is 2. The molecule has 6 rings (SSSR count). The fourth-order valence-electron chi connectivity index (χ4n) is 5.12. The highest BCUT2D eigenvalue weighted by Crippen LogP contribution is 2.42. The summed E-state index contributed by atoms with van der Waals surface area (Å²) in [5.41, 5.74) is 5.09. The summed E-state index contributed by atoms with van der Waals surface area (Å²) < 4.78 is 12.3. The molecule has 3 heterocycles. The lowest BCUT2D eigenvalue weighted by Gasteiger charge is -2.14. The van der Waals surface area contributed by atoms with Crippen LogP contribution in [0.25, 0.3) is 22.4 Å². The first-order valence-electron chi connectivity index (χ1n) is 15.2. The smallest absolute Gasteiger partial charge is 0.263 e. The second kappa shape index (κ2) is 13.8. The number of methoxy groups -OCH3 is 1. The molecule has 44 heavy (non-hydrogen) atoms. The van der Waals surface area contributed by atoms with E-state index < -0.39 is 5.91 Å². The zero-order valence-electron chi connectivity index (χ0n) is 25.6. The maximum absolute atomic E-state index is 13.6. The number of nitrogens with one attached hydrogen (secondary N) is 2. The van der Waals surface area contributed by atoms with Crippen LogP contribution in [0.15, 0.2) is 58.2 Å². The van der Waals surface area contributed by atoms with Gasteiger partial charge < -0.3 is 24.4 Å². The highest BCUT2D eigenvalue weighted by molar-refractivity contribution is 6.04. The SMILES string of the molecule is CC.COCCNCc1cc(C(=O)Nc2cc(-c3ccc(C#N)cc3-c3ncoc3C)cc(C3CC3)n2)c(=O)n(C2CC2)c1. The van der Waals surface area contributed by atoms with E-state index in [4.69, 9.17) is 14.1 Å². The zero-order valence-corrected chi connectivity index (χ0v) is 25.6. The summed E-state index contributed by atoms with van der Waals surface area (Å²) in [6.45, 7) is 7.57. The second-order valence-corrected chi connectivity index (χ2v) is 10.9. The van der Waals surface area contributed by atoms with Gasteiger partial charge >= 0.3 is 0 Å². The van der Waals surface area contributed by atoms with Gasteiger partial charge in [0.15, 0.2) is 6.39 Å². The lowest BCUT2D eigenvalue weighted by molar-refractivity contribution is 0.102. The maximum Gasteiger partial charge on any atom is 0.263 e. The number of hydrogen-bond acceptors (Lipinski definition) is 8. The summed E-state index contributed by atoms with van der Waals surface area (Å²) in [4.78, 5) is 36.1. The molecule has 2 aliphatic rings. The number of nitriles is 1. The Labute approximate surface area is 257 Å². The summed E-state index contributed by atoms with van der Waals surface area (Å²) in [6, 6.07) is 13.3. The van der Waals surface area contributed by atoms with Gasteiger partial charge in [0.1, 0.15) is 22.8 Å². The first kappa shape index (κ1) is 30.9. The molecule has 0 atom stereocenters. The minimum atomic E-state index is -0.494. The minimum absolute atomic E-state index is 0.0883. The van der Waals surface area contributed by atoms with E-state index in [1.165, 1.54) is 6.39 Å². The van der Waals surface area contributed by atoms with E-state index in [0.717, 1.165) is 53.6 Å². The number of aryl methyl sites for hydroxylation is 1. The molecule has 10 nitrogen and oxygen atoms in total. The predicted molar refractivity (Wildman–Crippen MR) is 168 cm³/mol. The number of rotatable bonds is 11. The van der Waals surface area contributed by atoms with Crippen LogP contribution in [-0.2, 0) is 11.3 Å². The van der Waals surface area contributed by atoms with Crippen molar-refractivity contribution in [3.63, 3.8) is 0 Å². The molecular weight excluding hydrogens is 556 g/mol. The topological polar surface area (TPSA) is 135 Å². The van der Waals surface area contributed by atoms with Gasteiger partial charge in [-0.05, 0) is 79.6 Å². The number of oxazole rings is 1. The van der Waals surface area contributed by atoms with Crippen molar-refractivity contribution >= 4 is 11.7 Å². The Morgan fingerprint density at radius 1 is 1.14 bits per heavy atom. The molecule has 4 aromatic rings. The quantitative estimate of drug-likeness (QED) is 0.203. The molecule has 2 N–H and O–H groups in total. The fourth-order valence-corrected chi connectivity index (χ4v) is 5.12. The number of carbonyl (C=O) groups excluding carboxylic acids is 1. The van der Waals surface area contributed by atoms with Crippen molar-refractivity contribution in [2.45, 2.75) is 65.0 Å². The number of amides is 1. The summed E-state index contributed by atoms with van der Waals surface area (Å²) in [5, 5.41) is 15.8. The lowest BCUT2D eigenvalue weighted by Crippen LogP contribution is -2.30. The van der Waals surface area contributed by atoms with Gasteiger partial charge in [-0.1, -0.05) is 19.9 Å². The Balaban J connectivity index is 0.00000188. The molecule has 0 spiro atoms. The van der Waals surface area contributed by atoms with Gasteiger partial charge in [-0.15, -0.1) is 0 Å². The van der Waals surface area contributed by atoms with Crippen LogP contribution in [0, 0.1) is 18.3 Å². The molecule has 1 amide bonds. The molecule has 0 saturated heterocycles. The molecule has 0 aliphatic heterocycles. The molecule has 10 heteroatoms. The van der Waals surface area contributed by atoms with Crippen LogP contribution in [0.4, 0.5) is 5.82 Å². The third-order valence-electron chi connectivity index (χ3n) is 7.64. The van der Waals surface area contributed by atoms with Crippen molar-refractivity contribution in [2.24, 2.45) is 0 Å². The predicted octanol–water partition coefficient (Wildman–Crippen LogP) is 5.97. The van der Waals surface area contributed by atoms with Crippen LogP contribution in [0.3, 0.4) is 0 Å². The summed E-state index contributed by atoms with van der Waals surface area (Å²) >= 11 is 0. The number of ether oxygens (including phenoxy) is 1. The van der Waals surface area contributed by atoms with E-state index in [2.05, 4.69) is 21.7 Å². The average Bonchev–Trinajstić information content (AvgIpc) is 3.98. The molecule has 3 aromatic heterocycles. The van der Waals surface area contributed by atoms with Gasteiger partial charge in [0.25, 0.3) is 11.5 Å². The highest BCUT2D eigenvalue weighted by atomic mass is 16.5. The third-order valence-corrected chi connectivity index (χ3v) is 7.64. The number of anilines is 1. The molecule has 0 radical (unpaired) electrons. The summed E-state index contributed by atoms with van der Waals surface area (Å²) in [5.74, 6) is 0.823. The minimum Gasteiger partial charge on any atom is -0.448 e. The van der Waals surface area contributed by atoms with Crippen LogP contribution < -0.4 is 16.2 Å². The normalized spacial score (nSPS) is 14.0. The number of pyridine rings is 2. The van der Waals surface area contributed by atoms with Crippen LogP contribution in [0.5, 0.6) is 0 Å². The van der Waals surface area contributed by atoms with Crippen LogP contribution in [-0.4, -0.2) is 40.7 Å². The van der Waals surface area contributed by atoms with Crippen molar-refractivity contribution in [2.75, 3.05) is 25.6 Å². The molecule has 0 unspecified atom stereocenters. The van der Waals surface area contributed by atoms with Gasteiger partial charge in [0.2, 0.25) is 0 Å². The summed E-state index contributed by atoms with van der Waals surface area (Å²) in [6.07, 6.45) is 7.13. The average molecular weight is 595 g/mol. The Morgan fingerprint density at radius 3 is 2.59 bits per heavy atom. The highest BCUT2D eigenvalue weighted by Gasteiger charge is 2.29. The monoisotopic (exact) mass is 594 g/mol. The number of benzene rings is 1. The van der Waals surface area contributed by atoms with E-state index in [1.54, 1.807) is 35.9 Å². The van der Waals surface area contributed by atoms with E-state index in [0.29, 0.717) is 48.4 Å². The molecule has 228 valence electrons. The largest absolute Gasteiger partial charge is 0.448 e. The van der Waals surface area contributed by atoms with E-state index in [-0.39, 0.29) is 17.2 Å². The van der Waals surface area contributed by atoms with Crippen LogP contribution in [0.2, 0.25) is 0 Å². The van der Waals surface area contributed by atoms with Crippen LogP contribution >= 0.6 is 0 Å². The molecule has 2 aliphatic carbocycles. The van der Waals surface area contributed by atoms with E-state index in [9.17, 15) is 14.9 Å². The third kappa shape index (κ3) is 6.96. The molecule has 2 saturated carbocycles. The summed E-state index contributed by atoms with van der Waals surface area (Å²) in [7, 11) is 1.65. The van der Waals surface area contributed by atoms with Crippen molar-refractivity contribution < 1.29 is 13.9 Å². The van der Waals surface area contributed by atoms with Gasteiger partial charge in [-0.2, -0.15) is 5.26 Å². The number of nitrogens with zero attached hydrogens (tertiary/aromatic N) is 4. The molecule has 2 fully saturated rings. The van der Waals surface area contributed by atoms with Gasteiger partial charge in [-0.25, -0.2) is 9.97 Å². The van der Waals surface area contributed by atoms with Gasteiger partial charge in [-0.3, -0.25) is 9.59 Å². The van der Waals surface area contributed by atoms with E-state index >= 15 is 0 Å². The zero-order chi connectivity index (χ0) is 31.2. The Hall–Kier alpha value is -4.59. The first-order valence-corrected chi connectivity index (χ1v) is 15.2. The van der Waals surface area contributed by atoms with Crippen LogP contribution in [0.1, 0.15) is 84.4 Å². The number of carbonyl (C=O) groups is 1. The van der Waals surface area contributed by atoms with E-state index in [1.807, 2.05) is 39.1 Å². The number of aromatic nitrogens is 3. The molecule has 1 aromatic carbocycles. The Bertz CT molecular complexity index is 1740. The fraction of sp³-hybridized carbons (Fsp3) is 0.382. The first-order chi connectivity index (χ1) is 21.4. The van der Waals surface area contributed by atoms with Gasteiger partial charge in [0, 0.05) is 49.6 Å². The second-order valence-electron chi connectivity index (χ2n) is 10.9. The Kier molecular flexibility index (Phi) is 9.68. The lowest BCUT2D eigenvalue weighted by atomic mass is 9.94. The van der Waals surface area contributed by atoms with Crippen molar-refractivity contribution in [3.05, 3.63) is 87.5 Å². The molecular formula is C34H38N6O4. The van der Waals surface area contributed by atoms with Crippen molar-refractivity contribution in [1.29, 1.82) is 5.26 Å². The van der Waals surface area contributed by atoms with Gasteiger partial charge in [0.05, 0.1) is 18.2 Å². The maximum atomic E-state index is 13.6. The van der Waals surface area contributed by atoms with Crippen molar-refractivity contribution in [1.82, 2.24) is 19.9 Å². The molecule has 0 bridgehead atoms. The Morgan fingerprint density at radius 2 is 1.93 bits per heavy atom. The standard InChI is InChI=1S/C32H32N6O4.C2H6/c1-19-30(35-18-42-19)26-11-20(15-33)3-8-25(26)23-13-28(22-4-5-22)36-29(14-23)37-31(39)27-12-21(16-34-9-10-41-2)17-38(32(27)40)24-6-7-24;1-2/h3,8,11-14,17-18,22,24,34H,4-7,9-10,16H2,1-2H3,(H,36,37,39);1-2H3. The van der Waals surface area contributed by atoms with Crippen molar-refractivity contribution in [3.8, 4) is 28.5 Å².